The standard InChI is InChI=1S/C30H60O5/c1-4-6-8-10-12-14-15-17-19-21-23-26(22-20-18-16-13-11-9-7-5-2)24-34-30-29(33)28(32)27(31)25(3)35-30/h25-33H,4-24H2,1-3H3/t25-,26?,27-,28+,29+,30+/m1/s1. The average molecular weight is 501 g/mol. The molecule has 1 saturated heterocycles. The third-order valence-corrected chi connectivity index (χ3v) is 7.74. The van der Waals surface area contributed by atoms with E-state index in [-0.39, 0.29) is 0 Å². The highest BCUT2D eigenvalue weighted by Crippen LogP contribution is 2.25. The van der Waals surface area contributed by atoms with E-state index < -0.39 is 30.7 Å². The SMILES string of the molecule is CCCCCCCCCCCCC(CCCCCCCCCC)CO[C@H]1O[C@H](C)[C@@H](O)[C@H](O)[C@@H]1O. The summed E-state index contributed by atoms with van der Waals surface area (Å²) < 4.78 is 11.6. The smallest absolute Gasteiger partial charge is 0.186 e. The van der Waals surface area contributed by atoms with E-state index in [1.54, 1.807) is 6.92 Å². The predicted molar refractivity (Wildman–Crippen MR) is 145 cm³/mol. The summed E-state index contributed by atoms with van der Waals surface area (Å²) in [6, 6.07) is 0. The van der Waals surface area contributed by atoms with Crippen LogP contribution < -0.4 is 0 Å². The topological polar surface area (TPSA) is 79.2 Å². The second kappa shape index (κ2) is 21.8. The summed E-state index contributed by atoms with van der Waals surface area (Å²) >= 11 is 0. The lowest BCUT2D eigenvalue weighted by atomic mass is 9.94. The summed E-state index contributed by atoms with van der Waals surface area (Å²) in [5, 5.41) is 30.3. The van der Waals surface area contributed by atoms with Crippen molar-refractivity contribution in [1.82, 2.24) is 0 Å². The molecule has 0 saturated carbocycles. The first kappa shape index (κ1) is 32.8. The molecule has 0 amide bonds. The van der Waals surface area contributed by atoms with Gasteiger partial charge in [0.2, 0.25) is 0 Å². The van der Waals surface area contributed by atoms with Crippen LogP contribution in [0.5, 0.6) is 0 Å². The zero-order valence-electron chi connectivity index (χ0n) is 23.5. The van der Waals surface area contributed by atoms with E-state index in [4.69, 9.17) is 9.47 Å². The van der Waals surface area contributed by atoms with Crippen LogP contribution in [0.3, 0.4) is 0 Å². The predicted octanol–water partition coefficient (Wildman–Crippen LogP) is 7.29. The van der Waals surface area contributed by atoms with Crippen molar-refractivity contribution >= 4 is 0 Å². The molecule has 1 aliphatic rings. The van der Waals surface area contributed by atoms with Crippen LogP contribution in [0.2, 0.25) is 0 Å². The van der Waals surface area contributed by atoms with Crippen molar-refractivity contribution in [2.24, 2.45) is 5.92 Å². The fourth-order valence-electron chi connectivity index (χ4n) is 5.18. The lowest BCUT2D eigenvalue weighted by Gasteiger charge is -2.39. The van der Waals surface area contributed by atoms with Gasteiger partial charge in [-0.05, 0) is 25.7 Å². The largest absolute Gasteiger partial charge is 0.388 e. The van der Waals surface area contributed by atoms with Gasteiger partial charge in [0.25, 0.3) is 0 Å². The van der Waals surface area contributed by atoms with Crippen molar-refractivity contribution in [2.75, 3.05) is 6.61 Å². The Kier molecular flexibility index (Phi) is 20.5. The van der Waals surface area contributed by atoms with Gasteiger partial charge in [0.1, 0.15) is 18.3 Å². The van der Waals surface area contributed by atoms with Crippen LogP contribution in [0.25, 0.3) is 0 Å². The molecule has 0 aromatic heterocycles. The Bertz CT molecular complexity index is 460. The van der Waals surface area contributed by atoms with Crippen molar-refractivity contribution in [1.29, 1.82) is 0 Å². The maximum absolute atomic E-state index is 10.3. The molecule has 35 heavy (non-hydrogen) atoms. The molecule has 0 aromatic carbocycles. The quantitative estimate of drug-likeness (QED) is 0.128. The minimum atomic E-state index is -1.23. The van der Waals surface area contributed by atoms with Gasteiger partial charge in [-0.2, -0.15) is 0 Å². The molecular formula is C30H60O5. The van der Waals surface area contributed by atoms with Gasteiger partial charge in [0.05, 0.1) is 12.7 Å². The summed E-state index contributed by atoms with van der Waals surface area (Å²) in [7, 11) is 0. The van der Waals surface area contributed by atoms with E-state index in [0.717, 1.165) is 12.8 Å². The third kappa shape index (κ3) is 15.6. The van der Waals surface area contributed by atoms with Crippen LogP contribution in [0.1, 0.15) is 149 Å². The van der Waals surface area contributed by atoms with Crippen LogP contribution in [0, 0.1) is 5.92 Å². The maximum atomic E-state index is 10.3. The molecule has 1 unspecified atom stereocenters. The van der Waals surface area contributed by atoms with Gasteiger partial charge in [-0.25, -0.2) is 0 Å². The number of unbranched alkanes of at least 4 members (excludes halogenated alkanes) is 16. The molecule has 0 aromatic rings. The molecular weight excluding hydrogens is 440 g/mol. The number of hydrogen-bond acceptors (Lipinski definition) is 5. The lowest BCUT2D eigenvalue weighted by Crippen LogP contribution is -2.57. The fourth-order valence-corrected chi connectivity index (χ4v) is 5.18. The van der Waals surface area contributed by atoms with Gasteiger partial charge < -0.3 is 24.8 Å². The van der Waals surface area contributed by atoms with E-state index in [1.165, 1.54) is 116 Å². The number of hydrogen-bond donors (Lipinski definition) is 3. The summed E-state index contributed by atoms with van der Waals surface area (Å²) in [4.78, 5) is 0. The zero-order valence-corrected chi connectivity index (χ0v) is 23.5. The Morgan fingerprint density at radius 3 is 1.40 bits per heavy atom. The van der Waals surface area contributed by atoms with Crippen molar-refractivity contribution in [2.45, 2.75) is 180 Å². The first-order valence-electron chi connectivity index (χ1n) is 15.3. The molecule has 0 aliphatic carbocycles. The van der Waals surface area contributed by atoms with E-state index >= 15 is 0 Å². The zero-order chi connectivity index (χ0) is 25.7. The first-order chi connectivity index (χ1) is 17.0. The third-order valence-electron chi connectivity index (χ3n) is 7.74. The molecule has 0 radical (unpaired) electrons. The summed E-state index contributed by atoms with van der Waals surface area (Å²) in [5.74, 6) is 0.458. The van der Waals surface area contributed by atoms with Gasteiger partial charge in [-0.1, -0.05) is 129 Å². The molecule has 3 N–H and O–H groups in total. The highest BCUT2D eigenvalue weighted by atomic mass is 16.7. The second-order valence-corrected chi connectivity index (χ2v) is 11.1. The second-order valence-electron chi connectivity index (χ2n) is 11.1. The number of aliphatic hydroxyl groups is 3. The molecule has 5 heteroatoms. The summed E-state index contributed by atoms with van der Waals surface area (Å²) in [6.07, 6.45) is 21.4. The van der Waals surface area contributed by atoms with E-state index in [0.29, 0.717) is 12.5 Å². The molecule has 6 atom stereocenters. The van der Waals surface area contributed by atoms with Crippen LogP contribution in [-0.4, -0.2) is 52.6 Å². The van der Waals surface area contributed by atoms with E-state index in [2.05, 4.69) is 13.8 Å². The highest BCUT2D eigenvalue weighted by molar-refractivity contribution is 4.87. The van der Waals surface area contributed by atoms with Crippen LogP contribution >= 0.6 is 0 Å². The Hall–Kier alpha value is -0.200. The number of rotatable bonds is 23. The van der Waals surface area contributed by atoms with Gasteiger partial charge >= 0.3 is 0 Å². The minimum absolute atomic E-state index is 0.458. The van der Waals surface area contributed by atoms with Gasteiger partial charge in [0.15, 0.2) is 6.29 Å². The molecule has 210 valence electrons. The molecule has 1 aliphatic heterocycles. The Labute approximate surface area is 217 Å². The lowest BCUT2D eigenvalue weighted by molar-refractivity contribution is -0.295. The summed E-state index contributed by atoms with van der Waals surface area (Å²) in [6.45, 7) is 6.78. The number of ether oxygens (including phenoxy) is 2. The van der Waals surface area contributed by atoms with Gasteiger partial charge in [-0.15, -0.1) is 0 Å². The first-order valence-corrected chi connectivity index (χ1v) is 15.3. The number of aliphatic hydroxyl groups excluding tert-OH is 3. The van der Waals surface area contributed by atoms with Crippen molar-refractivity contribution < 1.29 is 24.8 Å². The molecule has 5 nitrogen and oxygen atoms in total. The van der Waals surface area contributed by atoms with Gasteiger partial charge in [-0.3, -0.25) is 0 Å². The Morgan fingerprint density at radius 1 is 0.571 bits per heavy atom. The molecule has 1 heterocycles. The van der Waals surface area contributed by atoms with Crippen molar-refractivity contribution in [3.8, 4) is 0 Å². The normalized spacial score (nSPS) is 25.7. The molecule has 1 fully saturated rings. The van der Waals surface area contributed by atoms with Crippen LogP contribution in [-0.2, 0) is 9.47 Å². The van der Waals surface area contributed by atoms with Crippen LogP contribution in [0.15, 0.2) is 0 Å². The Morgan fingerprint density at radius 2 is 0.971 bits per heavy atom. The van der Waals surface area contributed by atoms with E-state index in [9.17, 15) is 15.3 Å². The monoisotopic (exact) mass is 500 g/mol. The molecule has 0 bridgehead atoms. The van der Waals surface area contributed by atoms with Crippen molar-refractivity contribution in [3.63, 3.8) is 0 Å². The Balaban J connectivity index is 2.30. The molecule has 0 spiro atoms. The minimum Gasteiger partial charge on any atom is -0.388 e. The molecule has 1 rings (SSSR count). The maximum Gasteiger partial charge on any atom is 0.186 e. The highest BCUT2D eigenvalue weighted by Gasteiger charge is 2.42. The van der Waals surface area contributed by atoms with Gasteiger partial charge in [0, 0.05) is 0 Å². The van der Waals surface area contributed by atoms with Crippen molar-refractivity contribution in [3.05, 3.63) is 0 Å². The van der Waals surface area contributed by atoms with E-state index in [1.807, 2.05) is 0 Å². The van der Waals surface area contributed by atoms with Crippen LogP contribution in [0.4, 0.5) is 0 Å². The fraction of sp³-hybridized carbons (Fsp3) is 1.00. The summed E-state index contributed by atoms with van der Waals surface area (Å²) in [5.41, 5.74) is 0. The average Bonchev–Trinajstić information content (AvgIpc) is 2.86.